The number of rotatable bonds is 3. The molecule has 2 saturated carbocycles. The summed E-state index contributed by atoms with van der Waals surface area (Å²) in [6.45, 7) is 0.900. The highest BCUT2D eigenvalue weighted by atomic mass is 16.2. The van der Waals surface area contributed by atoms with Crippen LogP contribution in [0, 0.1) is 5.92 Å². The average Bonchev–Trinajstić information content (AvgIpc) is 2.84. The van der Waals surface area contributed by atoms with E-state index in [9.17, 15) is 4.79 Å². The number of aromatic amines is 1. The van der Waals surface area contributed by atoms with Crippen LogP contribution in [0.4, 0.5) is 0 Å². The van der Waals surface area contributed by atoms with Crippen molar-refractivity contribution in [3.8, 4) is 0 Å². The highest BCUT2D eigenvalue weighted by Gasteiger charge is 2.53. The number of carbonyl (C=O) groups excluding carboxylic acids is 1. The maximum atomic E-state index is 12.8. The Hall–Kier alpha value is -1.36. The van der Waals surface area contributed by atoms with Crippen molar-refractivity contribution in [2.45, 2.75) is 50.2 Å². The third kappa shape index (κ3) is 1.79. The molecule has 19 heavy (non-hydrogen) atoms. The Morgan fingerprint density at radius 1 is 1.37 bits per heavy atom. The first kappa shape index (κ1) is 11.5. The van der Waals surface area contributed by atoms with Crippen LogP contribution in [0.3, 0.4) is 0 Å². The molecule has 0 aromatic carbocycles. The monoisotopic (exact) mass is 260 g/mol. The fraction of sp³-hybridized carbons (Fsp3) is 0.714. The second-order valence-corrected chi connectivity index (χ2v) is 6.25. The molecule has 1 amide bonds. The van der Waals surface area contributed by atoms with Crippen LogP contribution in [0.1, 0.15) is 50.4 Å². The van der Waals surface area contributed by atoms with E-state index >= 15 is 0 Å². The molecule has 1 aromatic heterocycles. The van der Waals surface area contributed by atoms with Gasteiger partial charge < -0.3 is 4.90 Å². The van der Waals surface area contributed by atoms with Crippen LogP contribution in [-0.2, 0) is 4.79 Å². The van der Waals surface area contributed by atoms with E-state index in [2.05, 4.69) is 20.4 Å². The Bertz CT molecular complexity index is 474. The lowest BCUT2D eigenvalue weighted by molar-refractivity contribution is -0.133. The third-order valence-corrected chi connectivity index (χ3v) is 4.82. The lowest BCUT2D eigenvalue weighted by Gasteiger charge is -2.23. The van der Waals surface area contributed by atoms with Gasteiger partial charge >= 0.3 is 0 Å². The molecule has 0 radical (unpaired) electrons. The zero-order valence-corrected chi connectivity index (χ0v) is 11.1. The second-order valence-electron chi connectivity index (χ2n) is 6.25. The summed E-state index contributed by atoms with van der Waals surface area (Å²) in [4.78, 5) is 14.9. The number of hydrogen-bond donors (Lipinski definition) is 2. The van der Waals surface area contributed by atoms with E-state index in [0.29, 0.717) is 11.8 Å². The predicted octanol–water partition coefficient (Wildman–Crippen LogP) is 1.56. The maximum Gasteiger partial charge on any atom is 0.244 e. The Morgan fingerprint density at radius 2 is 2.16 bits per heavy atom. The molecule has 5 nitrogen and oxygen atoms in total. The Labute approximate surface area is 112 Å². The highest BCUT2D eigenvalue weighted by molar-refractivity contribution is 5.89. The van der Waals surface area contributed by atoms with Gasteiger partial charge in [-0.2, -0.15) is 5.10 Å². The lowest BCUT2D eigenvalue weighted by atomic mass is 9.98. The zero-order valence-electron chi connectivity index (χ0n) is 11.1. The molecule has 1 spiro atoms. The van der Waals surface area contributed by atoms with Crippen molar-refractivity contribution < 1.29 is 4.79 Å². The molecule has 1 saturated heterocycles. The highest BCUT2D eigenvalue weighted by Crippen LogP contribution is 2.42. The SMILES string of the molecule is O=C1N(CC2CC2)[C@H](c2ccn[nH]2)NC12CCCC2. The molecule has 2 heterocycles. The van der Waals surface area contributed by atoms with Crippen molar-refractivity contribution in [3.63, 3.8) is 0 Å². The van der Waals surface area contributed by atoms with Gasteiger partial charge in [-0.15, -0.1) is 0 Å². The van der Waals surface area contributed by atoms with Gasteiger partial charge in [-0.05, 0) is 37.7 Å². The van der Waals surface area contributed by atoms with Gasteiger partial charge in [0.1, 0.15) is 6.17 Å². The van der Waals surface area contributed by atoms with E-state index in [0.717, 1.165) is 37.9 Å². The van der Waals surface area contributed by atoms with Gasteiger partial charge in [0, 0.05) is 12.7 Å². The summed E-state index contributed by atoms with van der Waals surface area (Å²) < 4.78 is 0. The quantitative estimate of drug-likeness (QED) is 0.867. The van der Waals surface area contributed by atoms with Crippen LogP contribution in [0.5, 0.6) is 0 Å². The minimum Gasteiger partial charge on any atom is -0.320 e. The summed E-state index contributed by atoms with van der Waals surface area (Å²) in [5.41, 5.74) is 0.725. The van der Waals surface area contributed by atoms with Gasteiger partial charge in [0.25, 0.3) is 0 Å². The second kappa shape index (κ2) is 4.07. The van der Waals surface area contributed by atoms with Crippen molar-refractivity contribution in [3.05, 3.63) is 18.0 Å². The summed E-state index contributed by atoms with van der Waals surface area (Å²) >= 11 is 0. The Kier molecular flexibility index (Phi) is 2.45. The molecular formula is C14H20N4O. The van der Waals surface area contributed by atoms with E-state index in [4.69, 9.17) is 0 Å². The lowest BCUT2D eigenvalue weighted by Crippen LogP contribution is -2.44. The number of H-pyrrole nitrogens is 1. The van der Waals surface area contributed by atoms with Crippen LogP contribution in [0.25, 0.3) is 0 Å². The van der Waals surface area contributed by atoms with E-state index < -0.39 is 0 Å². The first-order valence-corrected chi connectivity index (χ1v) is 7.37. The number of amides is 1. The van der Waals surface area contributed by atoms with Crippen LogP contribution >= 0.6 is 0 Å². The van der Waals surface area contributed by atoms with E-state index in [1.54, 1.807) is 6.20 Å². The molecule has 1 aliphatic heterocycles. The third-order valence-electron chi connectivity index (χ3n) is 4.82. The van der Waals surface area contributed by atoms with Gasteiger partial charge in [-0.3, -0.25) is 15.2 Å². The summed E-state index contributed by atoms with van der Waals surface area (Å²) in [6.07, 6.45) is 8.58. The molecular weight excluding hydrogens is 240 g/mol. The molecule has 3 aliphatic rings. The van der Waals surface area contributed by atoms with Gasteiger partial charge in [0.15, 0.2) is 0 Å². The normalized spacial score (nSPS) is 29.6. The smallest absolute Gasteiger partial charge is 0.244 e. The van der Waals surface area contributed by atoms with E-state index in [1.807, 2.05) is 6.07 Å². The standard InChI is InChI=1S/C14H20N4O/c19-13-14(6-1-2-7-14)16-12(11-5-8-15-17-11)18(13)9-10-3-4-10/h5,8,10,12,16H,1-4,6-7,9H2,(H,15,17)/t12-/m1/s1. The van der Waals surface area contributed by atoms with Crippen molar-refractivity contribution in [1.82, 2.24) is 20.4 Å². The van der Waals surface area contributed by atoms with Crippen molar-refractivity contribution >= 4 is 5.91 Å². The Balaban J connectivity index is 1.65. The minimum atomic E-state index is -0.287. The molecule has 5 heteroatoms. The van der Waals surface area contributed by atoms with Crippen molar-refractivity contribution in [2.75, 3.05) is 6.54 Å². The summed E-state index contributed by atoms with van der Waals surface area (Å²) in [5, 5.41) is 10.7. The summed E-state index contributed by atoms with van der Waals surface area (Å²) in [5.74, 6) is 1.03. The number of hydrogen-bond acceptors (Lipinski definition) is 3. The molecule has 4 rings (SSSR count). The molecule has 2 N–H and O–H groups in total. The minimum absolute atomic E-state index is 0.00583. The summed E-state index contributed by atoms with van der Waals surface area (Å²) in [6, 6.07) is 1.97. The fourth-order valence-electron chi connectivity index (χ4n) is 3.56. The predicted molar refractivity (Wildman–Crippen MR) is 70.1 cm³/mol. The largest absolute Gasteiger partial charge is 0.320 e. The molecule has 0 bridgehead atoms. The van der Waals surface area contributed by atoms with Crippen LogP contribution < -0.4 is 5.32 Å². The number of carbonyl (C=O) groups is 1. The molecule has 1 aromatic rings. The Morgan fingerprint density at radius 3 is 2.79 bits per heavy atom. The number of aromatic nitrogens is 2. The fourth-order valence-corrected chi connectivity index (χ4v) is 3.56. The molecule has 1 atom stereocenters. The van der Waals surface area contributed by atoms with Crippen LogP contribution in [-0.4, -0.2) is 33.1 Å². The number of nitrogens with zero attached hydrogens (tertiary/aromatic N) is 2. The van der Waals surface area contributed by atoms with Crippen LogP contribution in [0.2, 0.25) is 0 Å². The molecule has 102 valence electrons. The maximum absolute atomic E-state index is 12.8. The molecule has 2 aliphatic carbocycles. The van der Waals surface area contributed by atoms with Gasteiger partial charge in [-0.25, -0.2) is 0 Å². The van der Waals surface area contributed by atoms with Gasteiger partial charge in [-0.1, -0.05) is 12.8 Å². The first-order valence-electron chi connectivity index (χ1n) is 7.37. The van der Waals surface area contributed by atoms with Gasteiger partial charge in [0.05, 0.1) is 11.2 Å². The van der Waals surface area contributed by atoms with Crippen molar-refractivity contribution in [1.29, 1.82) is 0 Å². The van der Waals surface area contributed by atoms with Gasteiger partial charge in [0.2, 0.25) is 5.91 Å². The average molecular weight is 260 g/mol. The zero-order chi connectivity index (χ0) is 12.9. The van der Waals surface area contributed by atoms with Crippen molar-refractivity contribution in [2.24, 2.45) is 5.92 Å². The molecule has 3 fully saturated rings. The number of nitrogens with one attached hydrogen (secondary N) is 2. The summed E-state index contributed by atoms with van der Waals surface area (Å²) in [7, 11) is 0. The van der Waals surface area contributed by atoms with E-state index in [1.165, 1.54) is 12.8 Å². The van der Waals surface area contributed by atoms with E-state index in [-0.39, 0.29) is 11.7 Å². The first-order chi connectivity index (χ1) is 9.28. The molecule has 0 unspecified atom stereocenters. The topological polar surface area (TPSA) is 61.0 Å². The van der Waals surface area contributed by atoms with Crippen LogP contribution in [0.15, 0.2) is 12.3 Å².